The molecular weight excluding hydrogens is 1700 g/mol. The molecule has 682 valence electrons. The van der Waals surface area contributed by atoms with E-state index in [-0.39, 0.29) is 34.4 Å². The molecule has 0 spiro atoms. The van der Waals surface area contributed by atoms with Crippen molar-refractivity contribution in [2.45, 2.75) is 216 Å². The highest BCUT2D eigenvalue weighted by Crippen LogP contribution is 2.39. The summed E-state index contributed by atoms with van der Waals surface area (Å²) in [5, 5.41) is 8.58. The fourth-order valence-corrected chi connectivity index (χ4v) is 14.3. The van der Waals surface area contributed by atoms with Gasteiger partial charge < -0.3 is 64.8 Å². The number of anilines is 6. The Morgan fingerprint density at radius 3 is 1.15 bits per heavy atom. The fraction of sp³-hybridized carbons (Fsp3) is 0.320. The van der Waals surface area contributed by atoms with Gasteiger partial charge in [-0.05, 0) is 149 Å². The molecule has 0 unspecified atom stereocenters. The number of ether oxygens (including phenoxy) is 4. The molecule has 0 saturated carbocycles. The number of benzene rings is 1. The zero-order valence-corrected chi connectivity index (χ0v) is 81.4. The molecule has 0 amide bonds. The van der Waals surface area contributed by atoms with Crippen molar-refractivity contribution >= 4 is 83.1 Å². The lowest BCUT2D eigenvalue weighted by atomic mass is 9.94. The maximum Gasteiger partial charge on any atom is 0.187 e. The first-order valence-corrected chi connectivity index (χ1v) is 47.3. The first-order chi connectivity index (χ1) is 62.0. The Kier molecular flexibility index (Phi) is 37.1. The van der Waals surface area contributed by atoms with Crippen molar-refractivity contribution < 1.29 is 18.9 Å². The predicted molar refractivity (Wildman–Crippen MR) is 529 cm³/mol. The molecule has 0 bridgehead atoms. The molecule has 12 aromatic heterocycles. The Bertz CT molecular complexity index is 6170. The van der Waals surface area contributed by atoms with Crippen LogP contribution >= 0.6 is 24.0 Å². The third kappa shape index (κ3) is 30.4. The lowest BCUT2D eigenvalue weighted by molar-refractivity contribution is 0.469. The van der Waals surface area contributed by atoms with Crippen LogP contribution in [0.3, 0.4) is 0 Å². The molecule has 0 aliphatic rings. The molecule has 0 aliphatic heterocycles. The van der Waals surface area contributed by atoms with E-state index in [1.54, 1.807) is 84.1 Å². The van der Waals surface area contributed by atoms with Crippen LogP contribution in [0.1, 0.15) is 246 Å². The second-order valence-corrected chi connectivity index (χ2v) is 39.6. The molecule has 12 heterocycles. The van der Waals surface area contributed by atoms with Gasteiger partial charge in [-0.15, -0.1) is 0 Å². The van der Waals surface area contributed by atoms with Gasteiger partial charge in [-0.25, -0.2) is 69.8 Å². The Balaban J connectivity index is 0.000000194. The molecule has 0 fully saturated rings. The first-order valence-electron chi connectivity index (χ1n) is 42.5. The number of rotatable bonds is 22. The third-order valence-corrected chi connectivity index (χ3v) is 22.5. The van der Waals surface area contributed by atoms with Crippen LogP contribution in [0.15, 0.2) is 151 Å². The molecule has 0 aliphatic carbocycles. The largest absolute Gasteiger partial charge is 0.451 e. The average Bonchev–Trinajstić information content (AvgIpc) is 0.815. The molecule has 0 atom stereocenters. The van der Waals surface area contributed by atoms with Crippen molar-refractivity contribution in [3.63, 3.8) is 0 Å². The topological polar surface area (TPSA) is 501 Å². The average molecular weight is 1820 g/mol. The van der Waals surface area contributed by atoms with Crippen LogP contribution in [0.4, 0.5) is 34.9 Å². The highest BCUT2D eigenvalue weighted by atomic mass is 32.2. The first kappa shape index (κ1) is 102. The number of hydrogen-bond acceptors (Lipinski definition) is 31. The minimum absolute atomic E-state index is 0.122. The number of aromatic nitrogens is 18. The Morgan fingerprint density at radius 2 is 0.756 bits per heavy atom. The van der Waals surface area contributed by atoms with Crippen LogP contribution in [-0.2, 0) is 12.8 Å². The fourth-order valence-electron chi connectivity index (χ4n) is 12.1. The summed E-state index contributed by atoms with van der Waals surface area (Å²) in [6, 6.07) is 21.1. The Morgan fingerprint density at radius 1 is 0.382 bits per heavy atom. The summed E-state index contributed by atoms with van der Waals surface area (Å²) in [5.41, 5.74) is 59.5. The van der Waals surface area contributed by atoms with Crippen molar-refractivity contribution in [2.24, 2.45) is 11.5 Å². The molecule has 34 heteroatoms. The summed E-state index contributed by atoms with van der Waals surface area (Å²) in [6.45, 7) is 46.6. The van der Waals surface area contributed by atoms with Crippen molar-refractivity contribution in [2.75, 3.05) is 34.4 Å². The number of pyridine rings is 6. The molecule has 0 radical (unpaired) electrons. The highest BCUT2D eigenvalue weighted by Gasteiger charge is 2.24. The standard InChI is InChI=1S/C21H20N4O.C16H24N4OSi.C16H18N4O.C16H22N4.C14H18N6O.C14H17N5S2/c1-14(2)18-12-24-17(10-9-16-7-5-4-6-8-16)11-19(18)26-20-13-23-15(3)25-21(20)22;1-10(2)12-8-19-15(22(4,5)6)7-13(12)21-14-9-18-11(3)20-16(14)17;1-5-6-12-7-14(13(8-19-12)10(2)3)21-15-9-18-11(4)20-16(15)17;1-5-14-7-12(15(9-19-14)10(2)3)6-13-8-18-11(4)20-16(13)17;1-7(2)9-5-19-10(13(15)16)4-11(9)21-12-6-18-8(3)20-14(12)17;1-7(2)9-5-18-10(14(16)20)4-11(9)21-12-6-17-8(3)19-13(12)15/h4-8,11-14H,1-3H3,(H2,22,23,25);7-10H,1-6H3,(H2,17,18,20);7-10H,1-4H3,(H2,17,18,20);7-10H,5-6H2,1-4H3,(H2,17,18,20);4-7H,1-3H3,(H3,15,16)(H2,17,18,20);4-7H,1-3H3,(H2,16,20)(H2,15,17,19). The van der Waals surface area contributed by atoms with E-state index in [2.05, 4.69) is 215 Å². The van der Waals surface area contributed by atoms with Crippen molar-refractivity contribution in [1.82, 2.24) is 89.7 Å². The van der Waals surface area contributed by atoms with Gasteiger partial charge >= 0.3 is 0 Å². The van der Waals surface area contributed by atoms with Crippen LogP contribution in [0.2, 0.25) is 19.6 Å². The van der Waals surface area contributed by atoms with E-state index in [1.807, 2.05) is 107 Å². The normalized spacial score (nSPS) is 10.8. The second-order valence-electron chi connectivity index (χ2n) is 33.1. The number of nitrogens with one attached hydrogen (secondary N) is 1. The van der Waals surface area contributed by atoms with Gasteiger partial charge in [0.2, 0.25) is 0 Å². The Labute approximate surface area is 778 Å². The predicted octanol–water partition coefficient (Wildman–Crippen LogP) is 18.0. The molecule has 31 nitrogen and oxygen atoms in total. The second kappa shape index (κ2) is 47.6. The molecule has 13 rings (SSSR count). The minimum atomic E-state index is -1.52. The van der Waals surface area contributed by atoms with E-state index < -0.39 is 8.07 Å². The van der Waals surface area contributed by atoms with E-state index in [1.165, 1.54) is 29.1 Å². The summed E-state index contributed by atoms with van der Waals surface area (Å²) >= 11 is 6.50. The van der Waals surface area contributed by atoms with Crippen LogP contribution in [0, 0.1) is 70.6 Å². The molecule has 131 heavy (non-hydrogen) atoms. The Hall–Kier alpha value is -14.4. The molecule has 1 aromatic carbocycles. The third-order valence-electron chi connectivity index (χ3n) is 19.3. The molecule has 17 N–H and O–H groups in total. The summed E-state index contributed by atoms with van der Waals surface area (Å²) in [7, 11) is -1.52. The van der Waals surface area contributed by atoms with Crippen molar-refractivity contribution in [3.8, 4) is 69.7 Å². The number of nitrogen functional groups attached to an aromatic ring is 7. The SMILES string of the molecule is CC#Cc1cc(Oc2cnc(C)nc2N)c(C(C)C)cn1.CCc1cc(Cc2cnc(C)nc2N)c(C(C)C)cn1.Cc1ncc(Oc2cc(C#Cc3ccccc3)ncc2C(C)C)c(N)n1.Cc1ncc(Oc2cc(C(=N)N)ncc2C(C)C)c(N)n1.Cc1ncc(Oc2cc([Si](C)(C)C)ncc2C(C)C)c(N)n1.Cc1ncc(Sc2cc(C(N)=S)ncc2C(C)C)c(N)n1. The van der Waals surface area contributed by atoms with Crippen molar-refractivity contribution in [3.05, 3.63) is 255 Å². The van der Waals surface area contributed by atoms with Crippen molar-refractivity contribution in [1.29, 1.82) is 5.41 Å². The van der Waals surface area contributed by atoms with Gasteiger partial charge in [0.1, 0.15) is 106 Å². The lowest BCUT2D eigenvalue weighted by Crippen LogP contribution is -2.40. The quantitative estimate of drug-likeness (QED) is 0.0100. The minimum Gasteiger partial charge on any atom is -0.451 e. The number of thiocarbonyl (C=S) groups is 1. The maximum atomic E-state index is 7.47. The van der Waals surface area contributed by atoms with E-state index in [4.69, 9.17) is 82.4 Å². The summed E-state index contributed by atoms with van der Waals surface area (Å²) in [4.78, 5) is 78.2. The zero-order valence-electron chi connectivity index (χ0n) is 78.8. The van der Waals surface area contributed by atoms with Gasteiger partial charge in [0.05, 0.1) is 35.4 Å². The summed E-state index contributed by atoms with van der Waals surface area (Å²) in [6.07, 6.45) is 22.5. The summed E-state index contributed by atoms with van der Waals surface area (Å²) < 4.78 is 23.7. The van der Waals surface area contributed by atoms with E-state index >= 15 is 0 Å². The van der Waals surface area contributed by atoms with Gasteiger partial charge in [-0.1, -0.05) is 164 Å². The smallest absolute Gasteiger partial charge is 0.187 e. The van der Waals surface area contributed by atoms with E-state index in [0.29, 0.717) is 145 Å². The van der Waals surface area contributed by atoms with Crippen LogP contribution in [-0.4, -0.2) is 109 Å². The molecular formula is C97H119N27O4S2Si. The van der Waals surface area contributed by atoms with Gasteiger partial charge in [0.25, 0.3) is 0 Å². The summed E-state index contributed by atoms with van der Waals surface area (Å²) in [5.74, 6) is 24.0. The van der Waals surface area contributed by atoms with Crippen LogP contribution in [0.5, 0.6) is 46.0 Å². The van der Waals surface area contributed by atoms with E-state index in [0.717, 1.165) is 78.3 Å². The maximum absolute atomic E-state index is 7.47. The van der Waals surface area contributed by atoms with E-state index in [9.17, 15) is 0 Å². The van der Waals surface area contributed by atoms with Gasteiger partial charge in [-0.2, -0.15) is 0 Å². The number of amidine groups is 1. The van der Waals surface area contributed by atoms with Gasteiger partial charge in [0, 0.05) is 123 Å². The number of hydrogen-bond donors (Lipinski definition) is 9. The molecule has 13 aromatic rings. The van der Waals surface area contributed by atoms with Crippen LogP contribution in [0.25, 0.3) is 0 Å². The van der Waals surface area contributed by atoms with Gasteiger partial charge in [0.15, 0.2) is 46.3 Å². The van der Waals surface area contributed by atoms with Gasteiger partial charge in [-0.3, -0.25) is 25.3 Å². The van der Waals surface area contributed by atoms with Crippen LogP contribution < -0.4 is 70.1 Å². The lowest BCUT2D eigenvalue weighted by Gasteiger charge is -2.20. The molecule has 0 saturated heterocycles. The monoisotopic (exact) mass is 1820 g/mol. The number of nitrogens with zero attached hydrogens (tertiary/aromatic N) is 18. The zero-order chi connectivity index (χ0) is 96.3. The highest BCUT2D eigenvalue weighted by molar-refractivity contribution is 7.99. The number of aryl methyl sites for hydroxylation is 7. The number of nitrogens with two attached hydrogens (primary N) is 8.